The molecule has 1 saturated heterocycles. The van der Waals surface area contributed by atoms with Crippen LogP contribution in [0.4, 0.5) is 4.79 Å². The van der Waals surface area contributed by atoms with Gasteiger partial charge in [-0.15, -0.1) is 0 Å². The molecule has 3 aromatic rings. The van der Waals surface area contributed by atoms with Crippen LogP contribution in [0.1, 0.15) is 35.6 Å². The predicted molar refractivity (Wildman–Crippen MR) is 119 cm³/mol. The maximum Gasteiger partial charge on any atom is 0.410 e. The van der Waals surface area contributed by atoms with Gasteiger partial charge in [0.1, 0.15) is 12.6 Å². The summed E-state index contributed by atoms with van der Waals surface area (Å²) < 4.78 is 5.47. The van der Waals surface area contributed by atoms with Gasteiger partial charge in [-0.3, -0.25) is 9.69 Å². The van der Waals surface area contributed by atoms with E-state index in [0.29, 0.717) is 13.0 Å². The third-order valence-corrected chi connectivity index (χ3v) is 5.55. The molecular weight excluding hydrogens is 388 g/mol. The Morgan fingerprint density at radius 3 is 2.00 bits per heavy atom. The van der Waals surface area contributed by atoms with Crippen molar-refractivity contribution in [2.45, 2.75) is 31.5 Å². The van der Waals surface area contributed by atoms with E-state index in [4.69, 9.17) is 4.74 Å². The fourth-order valence-electron chi connectivity index (χ4n) is 3.95. The second kappa shape index (κ2) is 9.94. The Hall–Kier alpha value is -3.60. The molecule has 0 aliphatic carbocycles. The quantitative estimate of drug-likeness (QED) is 0.636. The van der Waals surface area contributed by atoms with Crippen LogP contribution in [0.5, 0.6) is 0 Å². The number of nitrogens with zero attached hydrogens (tertiary/aromatic N) is 1. The second-order valence-electron chi connectivity index (χ2n) is 7.65. The van der Waals surface area contributed by atoms with Crippen LogP contribution in [0.15, 0.2) is 91.0 Å². The fraction of sp³-hybridized carbons (Fsp3) is 0.231. The first-order chi connectivity index (χ1) is 15.2. The van der Waals surface area contributed by atoms with E-state index in [0.717, 1.165) is 23.1 Å². The van der Waals surface area contributed by atoms with Crippen molar-refractivity contribution < 1.29 is 14.3 Å². The van der Waals surface area contributed by atoms with Crippen LogP contribution in [-0.2, 0) is 16.1 Å². The van der Waals surface area contributed by atoms with Crippen LogP contribution >= 0.6 is 0 Å². The molecule has 1 unspecified atom stereocenters. The number of amides is 2. The molecule has 0 radical (unpaired) electrons. The first-order valence-electron chi connectivity index (χ1n) is 10.6. The van der Waals surface area contributed by atoms with Crippen molar-refractivity contribution in [3.05, 3.63) is 108 Å². The van der Waals surface area contributed by atoms with Crippen molar-refractivity contribution in [1.29, 1.82) is 0 Å². The van der Waals surface area contributed by atoms with Gasteiger partial charge in [0.15, 0.2) is 0 Å². The molecule has 0 aromatic heterocycles. The van der Waals surface area contributed by atoms with Crippen molar-refractivity contribution in [2.75, 3.05) is 6.54 Å². The summed E-state index contributed by atoms with van der Waals surface area (Å²) >= 11 is 0. The van der Waals surface area contributed by atoms with Crippen LogP contribution in [0, 0.1) is 0 Å². The molecule has 0 spiro atoms. The zero-order valence-corrected chi connectivity index (χ0v) is 17.3. The fourth-order valence-corrected chi connectivity index (χ4v) is 3.95. The number of benzene rings is 3. The molecule has 5 nitrogen and oxygen atoms in total. The minimum Gasteiger partial charge on any atom is -0.445 e. The highest BCUT2D eigenvalue weighted by Crippen LogP contribution is 2.24. The molecule has 158 valence electrons. The largest absolute Gasteiger partial charge is 0.445 e. The van der Waals surface area contributed by atoms with Gasteiger partial charge in [-0.2, -0.15) is 0 Å². The Kier molecular flexibility index (Phi) is 6.62. The molecule has 1 atom stereocenters. The third-order valence-electron chi connectivity index (χ3n) is 5.55. The lowest BCUT2D eigenvalue weighted by molar-refractivity contribution is -0.125. The SMILES string of the molecule is O=C(NC(c1ccccc1)c1ccccc1)C1CCCN1C(=O)OCc1ccccc1. The Labute approximate surface area is 182 Å². The summed E-state index contributed by atoms with van der Waals surface area (Å²) in [5.74, 6) is -0.160. The Morgan fingerprint density at radius 2 is 1.42 bits per heavy atom. The predicted octanol–water partition coefficient (Wildman–Crippen LogP) is 4.69. The van der Waals surface area contributed by atoms with Crippen LogP contribution < -0.4 is 5.32 Å². The van der Waals surface area contributed by atoms with Gasteiger partial charge in [-0.25, -0.2) is 4.79 Å². The highest BCUT2D eigenvalue weighted by Gasteiger charge is 2.36. The van der Waals surface area contributed by atoms with Crippen LogP contribution in [0.3, 0.4) is 0 Å². The average Bonchev–Trinajstić information content (AvgIpc) is 3.33. The topological polar surface area (TPSA) is 58.6 Å². The molecule has 0 bridgehead atoms. The number of hydrogen-bond acceptors (Lipinski definition) is 3. The zero-order valence-electron chi connectivity index (χ0n) is 17.3. The number of ether oxygens (including phenoxy) is 1. The third kappa shape index (κ3) is 5.12. The highest BCUT2D eigenvalue weighted by atomic mass is 16.6. The average molecular weight is 415 g/mol. The van der Waals surface area contributed by atoms with E-state index < -0.39 is 12.1 Å². The number of carbonyl (C=O) groups excluding carboxylic acids is 2. The van der Waals surface area contributed by atoms with E-state index in [1.165, 1.54) is 0 Å². The second-order valence-corrected chi connectivity index (χ2v) is 7.65. The molecular formula is C26H26N2O3. The Balaban J connectivity index is 1.46. The number of rotatable bonds is 6. The van der Waals surface area contributed by atoms with Crippen molar-refractivity contribution in [2.24, 2.45) is 0 Å². The smallest absolute Gasteiger partial charge is 0.410 e. The van der Waals surface area contributed by atoms with Gasteiger partial charge in [0.25, 0.3) is 0 Å². The van der Waals surface area contributed by atoms with E-state index >= 15 is 0 Å². The van der Waals surface area contributed by atoms with Gasteiger partial charge < -0.3 is 10.1 Å². The molecule has 31 heavy (non-hydrogen) atoms. The molecule has 1 N–H and O–H groups in total. The Bertz CT molecular complexity index is 953. The van der Waals surface area contributed by atoms with Gasteiger partial charge >= 0.3 is 6.09 Å². The van der Waals surface area contributed by atoms with E-state index in [2.05, 4.69) is 5.32 Å². The lowest BCUT2D eigenvalue weighted by Gasteiger charge is -2.26. The monoisotopic (exact) mass is 414 g/mol. The number of nitrogens with one attached hydrogen (secondary N) is 1. The molecule has 4 rings (SSSR count). The molecule has 0 saturated carbocycles. The molecule has 2 amide bonds. The van der Waals surface area contributed by atoms with E-state index in [9.17, 15) is 9.59 Å². The highest BCUT2D eigenvalue weighted by molar-refractivity contribution is 5.86. The van der Waals surface area contributed by atoms with Gasteiger partial charge in [-0.05, 0) is 29.5 Å². The summed E-state index contributed by atoms with van der Waals surface area (Å²) in [4.78, 5) is 27.5. The molecule has 1 aliphatic rings. The zero-order chi connectivity index (χ0) is 21.5. The van der Waals surface area contributed by atoms with Gasteiger partial charge in [0.05, 0.1) is 6.04 Å². The first kappa shape index (κ1) is 20.7. The molecule has 1 fully saturated rings. The summed E-state index contributed by atoms with van der Waals surface area (Å²) in [5.41, 5.74) is 2.92. The summed E-state index contributed by atoms with van der Waals surface area (Å²) in [6.45, 7) is 0.716. The molecule has 5 heteroatoms. The minimum absolute atomic E-state index is 0.160. The molecule has 1 aliphatic heterocycles. The maximum absolute atomic E-state index is 13.2. The van der Waals surface area contributed by atoms with Crippen molar-refractivity contribution >= 4 is 12.0 Å². The van der Waals surface area contributed by atoms with Crippen molar-refractivity contribution in [3.8, 4) is 0 Å². The lowest BCUT2D eigenvalue weighted by atomic mass is 9.98. The molecule has 3 aromatic carbocycles. The lowest BCUT2D eigenvalue weighted by Crippen LogP contribution is -2.47. The van der Waals surface area contributed by atoms with E-state index in [1.807, 2.05) is 91.0 Å². The van der Waals surface area contributed by atoms with Crippen molar-refractivity contribution in [1.82, 2.24) is 10.2 Å². The summed E-state index contributed by atoms with van der Waals surface area (Å²) in [6.07, 6.45) is 0.958. The van der Waals surface area contributed by atoms with E-state index in [1.54, 1.807) is 4.90 Å². The molecule has 1 heterocycles. The number of likely N-dealkylation sites (tertiary alicyclic amines) is 1. The van der Waals surface area contributed by atoms with Crippen LogP contribution in [0.2, 0.25) is 0 Å². The first-order valence-corrected chi connectivity index (χ1v) is 10.6. The standard InChI is InChI=1S/C26H26N2O3/c29-25(27-24(21-13-6-2-7-14-21)22-15-8-3-9-16-22)23-17-10-18-28(23)26(30)31-19-20-11-4-1-5-12-20/h1-9,11-16,23-24H,10,17-19H2,(H,27,29). The van der Waals surface area contributed by atoms with Gasteiger partial charge in [-0.1, -0.05) is 91.0 Å². The minimum atomic E-state index is -0.529. The van der Waals surface area contributed by atoms with Gasteiger partial charge in [0, 0.05) is 6.54 Å². The summed E-state index contributed by atoms with van der Waals surface area (Å²) in [6, 6.07) is 28.5. The van der Waals surface area contributed by atoms with Crippen LogP contribution in [-0.4, -0.2) is 29.5 Å². The summed E-state index contributed by atoms with van der Waals surface area (Å²) in [5, 5.41) is 3.16. The van der Waals surface area contributed by atoms with Crippen LogP contribution in [0.25, 0.3) is 0 Å². The number of hydrogen-bond donors (Lipinski definition) is 1. The van der Waals surface area contributed by atoms with Gasteiger partial charge in [0.2, 0.25) is 5.91 Å². The Morgan fingerprint density at radius 1 is 0.871 bits per heavy atom. The number of carbonyl (C=O) groups is 2. The van der Waals surface area contributed by atoms with Crippen molar-refractivity contribution in [3.63, 3.8) is 0 Å². The van der Waals surface area contributed by atoms with E-state index in [-0.39, 0.29) is 18.6 Å². The summed E-state index contributed by atoms with van der Waals surface area (Å²) in [7, 11) is 0. The maximum atomic E-state index is 13.2. The normalized spacial score (nSPS) is 15.6.